The van der Waals surface area contributed by atoms with Crippen LogP contribution in [-0.4, -0.2) is 42.1 Å². The second kappa shape index (κ2) is 4.94. The van der Waals surface area contributed by atoms with Crippen molar-refractivity contribution in [3.05, 3.63) is 0 Å². The Morgan fingerprint density at radius 2 is 2.27 bits per heavy atom. The number of carbonyl (C=O) groups excluding carboxylic acids is 1. The van der Waals surface area contributed by atoms with Crippen LogP contribution in [0.15, 0.2) is 0 Å². The monoisotopic (exact) mass is 214 g/mol. The molecule has 0 aromatic carbocycles. The third kappa shape index (κ3) is 3.47. The normalized spacial score (nSPS) is 22.5. The summed E-state index contributed by atoms with van der Waals surface area (Å²) in [5.41, 5.74) is 5.58. The maximum atomic E-state index is 11.9. The van der Waals surface area contributed by atoms with Crippen molar-refractivity contribution in [3.63, 3.8) is 0 Å². The Bertz CT molecular complexity index is 229. The van der Waals surface area contributed by atoms with Gasteiger partial charge in [0.1, 0.15) is 0 Å². The lowest BCUT2D eigenvalue weighted by atomic mass is 10.1. The predicted molar refractivity (Wildman–Crippen MR) is 59.5 cm³/mol. The molecular formula is C11H22N2O2. The number of nitrogens with zero attached hydrogens (tertiary/aromatic N) is 1. The van der Waals surface area contributed by atoms with Gasteiger partial charge in [0, 0.05) is 13.1 Å². The fraction of sp³-hybridized carbons (Fsp3) is 0.909. The van der Waals surface area contributed by atoms with Gasteiger partial charge < -0.3 is 15.4 Å². The molecule has 1 atom stereocenters. The maximum Gasteiger partial charge on any atom is 0.239 e. The zero-order valence-corrected chi connectivity index (χ0v) is 9.95. The zero-order valence-electron chi connectivity index (χ0n) is 9.95. The minimum Gasteiger partial charge on any atom is -0.372 e. The van der Waals surface area contributed by atoms with Crippen molar-refractivity contribution < 1.29 is 9.53 Å². The first-order chi connectivity index (χ1) is 6.96. The average Bonchev–Trinajstić information content (AvgIpc) is 2.15. The van der Waals surface area contributed by atoms with E-state index in [-0.39, 0.29) is 17.6 Å². The van der Waals surface area contributed by atoms with Crippen LogP contribution < -0.4 is 5.73 Å². The summed E-state index contributed by atoms with van der Waals surface area (Å²) in [6, 6.07) is -0.344. The lowest BCUT2D eigenvalue weighted by Crippen LogP contribution is -2.54. The van der Waals surface area contributed by atoms with E-state index in [4.69, 9.17) is 10.5 Å². The van der Waals surface area contributed by atoms with Gasteiger partial charge in [-0.25, -0.2) is 0 Å². The summed E-state index contributed by atoms with van der Waals surface area (Å²) in [7, 11) is 0. The van der Waals surface area contributed by atoms with Crippen molar-refractivity contribution in [1.82, 2.24) is 4.90 Å². The highest BCUT2D eigenvalue weighted by molar-refractivity contribution is 5.81. The number of hydrogen-bond donors (Lipinski definition) is 1. The van der Waals surface area contributed by atoms with Gasteiger partial charge in [-0.05, 0) is 20.3 Å². The van der Waals surface area contributed by atoms with E-state index in [1.165, 1.54) is 0 Å². The molecule has 2 N–H and O–H groups in total. The number of carbonyl (C=O) groups is 1. The van der Waals surface area contributed by atoms with Crippen molar-refractivity contribution >= 4 is 5.91 Å². The second-order valence-electron chi connectivity index (χ2n) is 4.76. The molecule has 4 nitrogen and oxygen atoms in total. The van der Waals surface area contributed by atoms with Gasteiger partial charge >= 0.3 is 0 Å². The Kier molecular flexibility index (Phi) is 4.11. The molecule has 0 saturated carbocycles. The topological polar surface area (TPSA) is 55.6 Å². The standard InChI is InChI=1S/C11H22N2O2/c1-4-5-9(12)10(14)13-6-7-15-11(2,3)8-13/h9H,4-8,12H2,1-3H3/t9-/m1/s1. The Balaban J connectivity index is 2.52. The van der Waals surface area contributed by atoms with Crippen LogP contribution in [0.1, 0.15) is 33.6 Å². The molecule has 15 heavy (non-hydrogen) atoms. The first-order valence-corrected chi connectivity index (χ1v) is 5.64. The molecule has 4 heteroatoms. The van der Waals surface area contributed by atoms with Crippen molar-refractivity contribution in [2.45, 2.75) is 45.3 Å². The SMILES string of the molecule is CCC[C@@H](N)C(=O)N1CCOC(C)(C)C1. The molecule has 0 spiro atoms. The zero-order chi connectivity index (χ0) is 11.5. The quantitative estimate of drug-likeness (QED) is 0.754. The van der Waals surface area contributed by atoms with Crippen molar-refractivity contribution in [2.24, 2.45) is 5.73 Å². The summed E-state index contributed by atoms with van der Waals surface area (Å²) in [6.45, 7) is 7.95. The Morgan fingerprint density at radius 3 is 2.80 bits per heavy atom. The molecule has 1 fully saturated rings. The summed E-state index contributed by atoms with van der Waals surface area (Å²) in [6.07, 6.45) is 1.71. The summed E-state index contributed by atoms with van der Waals surface area (Å²) in [5, 5.41) is 0. The van der Waals surface area contributed by atoms with Crippen LogP contribution in [0.2, 0.25) is 0 Å². The van der Waals surface area contributed by atoms with Crippen LogP contribution in [-0.2, 0) is 9.53 Å². The van der Waals surface area contributed by atoms with Crippen LogP contribution in [0.3, 0.4) is 0 Å². The van der Waals surface area contributed by atoms with Crippen LogP contribution in [0, 0.1) is 0 Å². The average molecular weight is 214 g/mol. The van der Waals surface area contributed by atoms with E-state index in [0.29, 0.717) is 19.7 Å². The number of ether oxygens (including phenoxy) is 1. The minimum absolute atomic E-state index is 0.0632. The van der Waals surface area contributed by atoms with Crippen LogP contribution in [0.25, 0.3) is 0 Å². The van der Waals surface area contributed by atoms with E-state index >= 15 is 0 Å². The van der Waals surface area contributed by atoms with E-state index in [2.05, 4.69) is 0 Å². The van der Waals surface area contributed by atoms with Gasteiger partial charge in [-0.3, -0.25) is 4.79 Å². The lowest BCUT2D eigenvalue weighted by molar-refractivity contribution is -0.147. The van der Waals surface area contributed by atoms with Crippen LogP contribution in [0.4, 0.5) is 0 Å². The molecule has 1 aliphatic heterocycles. The third-order valence-corrected chi connectivity index (χ3v) is 2.65. The molecule has 0 aromatic rings. The Labute approximate surface area is 91.8 Å². The van der Waals surface area contributed by atoms with Crippen molar-refractivity contribution in [1.29, 1.82) is 0 Å². The minimum atomic E-state index is -0.344. The molecule has 1 rings (SSSR count). The van der Waals surface area contributed by atoms with Gasteiger partial charge in [-0.15, -0.1) is 0 Å². The third-order valence-electron chi connectivity index (χ3n) is 2.65. The molecule has 0 aromatic heterocycles. The number of hydrogen-bond acceptors (Lipinski definition) is 3. The number of amides is 1. The van der Waals surface area contributed by atoms with Gasteiger partial charge in [0.15, 0.2) is 0 Å². The first-order valence-electron chi connectivity index (χ1n) is 5.64. The fourth-order valence-corrected chi connectivity index (χ4v) is 1.87. The van der Waals surface area contributed by atoms with Gasteiger partial charge in [0.25, 0.3) is 0 Å². The fourth-order valence-electron chi connectivity index (χ4n) is 1.87. The van der Waals surface area contributed by atoms with Crippen molar-refractivity contribution in [3.8, 4) is 0 Å². The summed E-state index contributed by atoms with van der Waals surface area (Å²) >= 11 is 0. The van der Waals surface area contributed by atoms with Crippen molar-refractivity contribution in [2.75, 3.05) is 19.7 Å². The first kappa shape index (κ1) is 12.5. The predicted octanol–water partition coefficient (Wildman–Crippen LogP) is 0.751. The molecule has 0 radical (unpaired) electrons. The van der Waals surface area contributed by atoms with Crippen LogP contribution in [0.5, 0.6) is 0 Å². The largest absolute Gasteiger partial charge is 0.372 e. The van der Waals surface area contributed by atoms with Gasteiger partial charge in [-0.1, -0.05) is 13.3 Å². The van der Waals surface area contributed by atoms with E-state index in [9.17, 15) is 4.79 Å². The molecule has 1 saturated heterocycles. The number of rotatable bonds is 3. The lowest BCUT2D eigenvalue weighted by Gasteiger charge is -2.39. The highest BCUT2D eigenvalue weighted by Crippen LogP contribution is 2.17. The maximum absolute atomic E-state index is 11.9. The van der Waals surface area contributed by atoms with E-state index in [1.54, 1.807) is 0 Å². The Morgan fingerprint density at radius 1 is 1.60 bits per heavy atom. The van der Waals surface area contributed by atoms with Gasteiger partial charge in [0.2, 0.25) is 5.91 Å². The molecular weight excluding hydrogens is 192 g/mol. The van der Waals surface area contributed by atoms with Gasteiger partial charge in [0.05, 0.1) is 18.2 Å². The molecule has 0 aliphatic carbocycles. The summed E-state index contributed by atoms with van der Waals surface area (Å²) < 4.78 is 5.55. The molecule has 0 unspecified atom stereocenters. The number of nitrogens with two attached hydrogens (primary N) is 1. The van der Waals surface area contributed by atoms with E-state index in [1.807, 2.05) is 25.7 Å². The smallest absolute Gasteiger partial charge is 0.239 e. The Hall–Kier alpha value is -0.610. The van der Waals surface area contributed by atoms with Gasteiger partial charge in [-0.2, -0.15) is 0 Å². The second-order valence-corrected chi connectivity index (χ2v) is 4.76. The number of morpholine rings is 1. The summed E-state index contributed by atoms with van der Waals surface area (Å²) in [4.78, 5) is 13.7. The molecule has 1 aliphatic rings. The highest BCUT2D eigenvalue weighted by atomic mass is 16.5. The van der Waals surface area contributed by atoms with E-state index in [0.717, 1.165) is 12.8 Å². The van der Waals surface area contributed by atoms with Crippen LogP contribution >= 0.6 is 0 Å². The summed E-state index contributed by atoms with van der Waals surface area (Å²) in [5.74, 6) is 0.0632. The highest BCUT2D eigenvalue weighted by Gasteiger charge is 2.31. The van der Waals surface area contributed by atoms with E-state index < -0.39 is 0 Å². The molecule has 1 heterocycles. The molecule has 88 valence electrons. The molecule has 1 amide bonds. The molecule has 0 bridgehead atoms.